The number of benzene rings is 2. The van der Waals surface area contributed by atoms with Crippen LogP contribution in [0.5, 0.6) is 0 Å². The number of aromatic nitrogens is 4. The van der Waals surface area contributed by atoms with Crippen molar-refractivity contribution in [1.82, 2.24) is 24.0 Å². The molecule has 0 fully saturated rings. The molecule has 0 atom stereocenters. The molecule has 0 radical (unpaired) electrons. The minimum absolute atomic E-state index is 0.0817. The number of rotatable bonds is 6. The molecule has 5 aromatic rings. The lowest BCUT2D eigenvalue weighted by atomic mass is 10.2. The number of nitrogens with zero attached hydrogens (tertiary/aromatic N) is 6. The van der Waals surface area contributed by atoms with E-state index in [1.165, 1.54) is 11.3 Å². The molecule has 0 amide bonds. The van der Waals surface area contributed by atoms with Gasteiger partial charge in [-0.2, -0.15) is 8.42 Å². The quantitative estimate of drug-likeness (QED) is 0.293. The second-order valence-electron chi connectivity index (χ2n) is 9.42. The molecule has 2 aromatic carbocycles. The largest absolute Gasteiger partial charge is 0.348 e. The second kappa shape index (κ2) is 11.4. The van der Waals surface area contributed by atoms with Crippen LogP contribution in [0, 0.1) is 0 Å². The zero-order valence-electron chi connectivity index (χ0n) is 22.2. The minimum Gasteiger partial charge on any atom is -0.348 e. The van der Waals surface area contributed by atoms with Crippen molar-refractivity contribution < 1.29 is 13.0 Å². The first-order chi connectivity index (χ1) is 18.3. The Labute approximate surface area is 235 Å². The Kier molecular flexibility index (Phi) is 8.42. The maximum absolute atomic E-state index is 13.5. The van der Waals surface area contributed by atoms with Gasteiger partial charge < -0.3 is 14.4 Å². The van der Waals surface area contributed by atoms with Crippen LogP contribution in [-0.4, -0.2) is 78.0 Å². The summed E-state index contributed by atoms with van der Waals surface area (Å²) in [5.41, 5.74) is 4.29. The predicted molar refractivity (Wildman–Crippen MR) is 159 cm³/mol. The summed E-state index contributed by atoms with van der Waals surface area (Å²) in [5, 5.41) is 0.683. The highest BCUT2D eigenvalue weighted by Crippen LogP contribution is 2.32. The van der Waals surface area contributed by atoms with Crippen LogP contribution in [0.1, 0.15) is 0 Å². The van der Waals surface area contributed by atoms with Crippen LogP contribution >= 0.6 is 22.9 Å². The average Bonchev–Trinajstić information content (AvgIpc) is 3.44. The number of thiophene rings is 1. The van der Waals surface area contributed by atoms with Gasteiger partial charge in [-0.15, -0.1) is 11.3 Å². The van der Waals surface area contributed by atoms with E-state index in [1.54, 1.807) is 10.9 Å². The van der Waals surface area contributed by atoms with Gasteiger partial charge in [0.1, 0.15) is 11.0 Å². The van der Waals surface area contributed by atoms with Crippen molar-refractivity contribution in [2.24, 2.45) is 0 Å². The summed E-state index contributed by atoms with van der Waals surface area (Å²) in [4.78, 5) is 28.0. The van der Waals surface area contributed by atoms with Gasteiger partial charge in [-0.05, 0) is 56.1 Å². The van der Waals surface area contributed by atoms with E-state index in [2.05, 4.69) is 28.5 Å². The van der Waals surface area contributed by atoms with Crippen LogP contribution in [-0.2, 0) is 16.7 Å². The van der Waals surface area contributed by atoms with E-state index >= 15 is 0 Å². The third kappa shape index (κ3) is 6.84. The summed E-state index contributed by atoms with van der Waals surface area (Å²) in [6.45, 7) is 1.68. The normalized spacial score (nSPS) is 11.7. The van der Waals surface area contributed by atoms with Gasteiger partial charge in [-0.25, -0.2) is 9.97 Å². The average molecular weight is 589 g/mol. The fourth-order valence-electron chi connectivity index (χ4n) is 3.96. The van der Waals surface area contributed by atoms with Crippen LogP contribution in [0.25, 0.3) is 37.4 Å². The molecule has 3 aromatic heterocycles. The molecule has 0 spiro atoms. The third-order valence-corrected chi connectivity index (χ3v) is 7.14. The van der Waals surface area contributed by atoms with E-state index < -0.39 is 10.1 Å². The van der Waals surface area contributed by atoms with Crippen molar-refractivity contribution >= 4 is 60.3 Å². The van der Waals surface area contributed by atoms with E-state index in [4.69, 9.17) is 21.1 Å². The van der Waals surface area contributed by atoms with E-state index in [9.17, 15) is 13.2 Å². The Hall–Kier alpha value is -3.29. The van der Waals surface area contributed by atoms with Crippen molar-refractivity contribution in [2.75, 3.05) is 45.9 Å². The first-order valence-corrected chi connectivity index (χ1v) is 14.9. The van der Waals surface area contributed by atoms with Gasteiger partial charge in [-0.3, -0.25) is 13.9 Å². The summed E-state index contributed by atoms with van der Waals surface area (Å²) >= 11 is 7.47. The van der Waals surface area contributed by atoms with Crippen molar-refractivity contribution in [1.29, 1.82) is 0 Å². The van der Waals surface area contributed by atoms with Gasteiger partial charge in [0.15, 0.2) is 0 Å². The molecule has 0 aliphatic carbocycles. The lowest BCUT2D eigenvalue weighted by Gasteiger charge is -2.17. The molecular formula is C26H29ClN6O4S2. The van der Waals surface area contributed by atoms with Crippen molar-refractivity contribution in [3.63, 3.8) is 0 Å². The number of imidazole rings is 1. The molecule has 0 unspecified atom stereocenters. The Balaban J connectivity index is 0.000000648. The van der Waals surface area contributed by atoms with E-state index in [0.29, 0.717) is 21.5 Å². The van der Waals surface area contributed by atoms with Crippen molar-refractivity contribution in [3.05, 3.63) is 70.2 Å². The molecule has 1 N–H and O–H groups in total. The van der Waals surface area contributed by atoms with Gasteiger partial charge in [0.25, 0.3) is 15.7 Å². The van der Waals surface area contributed by atoms with Crippen LogP contribution in [0.3, 0.4) is 0 Å². The lowest BCUT2D eigenvalue weighted by molar-refractivity contribution is 0.387. The van der Waals surface area contributed by atoms with Crippen LogP contribution in [0.4, 0.5) is 5.95 Å². The summed E-state index contributed by atoms with van der Waals surface area (Å²) in [6, 6.07) is 15.5. The van der Waals surface area contributed by atoms with Crippen molar-refractivity contribution in [3.8, 4) is 16.1 Å². The zero-order valence-corrected chi connectivity index (χ0v) is 24.5. The first-order valence-electron chi connectivity index (χ1n) is 11.8. The molecule has 0 aliphatic rings. The molecule has 0 aliphatic heterocycles. The molecule has 10 nitrogen and oxygen atoms in total. The fraction of sp³-hybridized carbons (Fsp3) is 0.269. The number of hydrogen-bond donors (Lipinski definition) is 1. The highest BCUT2D eigenvalue weighted by Gasteiger charge is 2.16. The molecule has 0 bridgehead atoms. The maximum atomic E-state index is 13.5. The molecule has 3 heterocycles. The Morgan fingerprint density at radius 3 is 2.31 bits per heavy atom. The Morgan fingerprint density at radius 1 is 1.03 bits per heavy atom. The SMILES string of the molecule is CN(C)CCn1c(N(C)C)nc2ccc(-n3cnc4cc(-c5ccc(Cl)cc5)sc4c3=O)cc21.CS(=O)(=O)O. The fourth-order valence-corrected chi connectivity index (χ4v) is 5.13. The van der Waals surface area contributed by atoms with Crippen molar-refractivity contribution in [2.45, 2.75) is 6.54 Å². The number of hydrogen-bond acceptors (Lipinski definition) is 8. The van der Waals surface area contributed by atoms with E-state index in [-0.39, 0.29) is 5.56 Å². The molecule has 39 heavy (non-hydrogen) atoms. The summed E-state index contributed by atoms with van der Waals surface area (Å²) < 4.78 is 30.3. The Bertz CT molecular complexity index is 1780. The molecule has 0 saturated heterocycles. The molecular weight excluding hydrogens is 560 g/mol. The molecule has 13 heteroatoms. The zero-order chi connectivity index (χ0) is 28.5. The van der Waals surface area contributed by atoms with Crippen LogP contribution in [0.15, 0.2) is 59.7 Å². The third-order valence-electron chi connectivity index (χ3n) is 5.73. The number of fused-ring (bicyclic) bond motifs is 2. The van der Waals surface area contributed by atoms with E-state index in [1.807, 2.05) is 67.5 Å². The van der Waals surface area contributed by atoms with Gasteiger partial charge >= 0.3 is 0 Å². The van der Waals surface area contributed by atoms with Gasteiger partial charge in [-0.1, -0.05) is 23.7 Å². The number of anilines is 1. The summed E-state index contributed by atoms with van der Waals surface area (Å²) in [5.74, 6) is 0.890. The predicted octanol–water partition coefficient (Wildman–Crippen LogP) is 4.25. The lowest BCUT2D eigenvalue weighted by Crippen LogP contribution is -2.22. The molecule has 206 valence electrons. The first kappa shape index (κ1) is 28.7. The second-order valence-corrected chi connectivity index (χ2v) is 12.4. The minimum atomic E-state index is -3.67. The summed E-state index contributed by atoms with van der Waals surface area (Å²) in [6.07, 6.45) is 2.32. The van der Waals surface area contributed by atoms with Gasteiger partial charge in [0.2, 0.25) is 5.95 Å². The number of halogens is 1. The molecule has 5 rings (SSSR count). The highest BCUT2D eigenvalue weighted by atomic mass is 35.5. The number of likely N-dealkylation sites (N-methyl/N-ethyl adjacent to an activating group) is 1. The molecule has 0 saturated carbocycles. The maximum Gasteiger partial charge on any atom is 0.275 e. The van der Waals surface area contributed by atoms with Crippen LogP contribution in [0.2, 0.25) is 5.02 Å². The van der Waals surface area contributed by atoms with Crippen LogP contribution < -0.4 is 10.5 Å². The van der Waals surface area contributed by atoms with E-state index in [0.717, 1.165) is 46.2 Å². The van der Waals surface area contributed by atoms with Gasteiger partial charge in [0.05, 0.1) is 28.5 Å². The summed E-state index contributed by atoms with van der Waals surface area (Å²) in [7, 11) is 4.43. The standard InChI is InChI=1S/C25H25ClN6OS.CH4O3S/c1-29(2)11-12-31-21-13-18(9-10-19(21)28-25(31)30(3)4)32-15-27-20-14-22(34-23(20)24(32)33)16-5-7-17(26)8-6-16;1-5(2,3)4/h5-10,13-15H,11-12H2,1-4H3;1H3,(H,2,3,4). The van der Waals surface area contributed by atoms with Gasteiger partial charge in [0, 0.05) is 37.1 Å². The monoisotopic (exact) mass is 588 g/mol. The topological polar surface area (TPSA) is 114 Å². The highest BCUT2D eigenvalue weighted by molar-refractivity contribution is 7.85. The Morgan fingerprint density at radius 2 is 1.69 bits per heavy atom. The smallest absolute Gasteiger partial charge is 0.275 e.